The van der Waals surface area contributed by atoms with Crippen LogP contribution in [0.4, 0.5) is 0 Å². The Morgan fingerprint density at radius 1 is 0.658 bits per heavy atom. The molecular formula is C46H84N16O14. The summed E-state index contributed by atoms with van der Waals surface area (Å²) in [5.74, 6) is -10.4. The number of guanidine groups is 1. The minimum Gasteiger partial charge on any atom is -0.480 e. The van der Waals surface area contributed by atoms with Crippen LogP contribution in [0.25, 0.3) is 0 Å². The van der Waals surface area contributed by atoms with Gasteiger partial charge in [0, 0.05) is 19.5 Å². The molecule has 10 amide bonds. The van der Waals surface area contributed by atoms with E-state index in [0.717, 1.165) is 4.90 Å². The Kier molecular flexibility index (Phi) is 31.4. The first kappa shape index (κ1) is 67.3. The number of aliphatic carboxylic acids is 1. The van der Waals surface area contributed by atoms with Crippen molar-refractivity contribution >= 4 is 71.0 Å². The van der Waals surface area contributed by atoms with Gasteiger partial charge in [0.25, 0.3) is 0 Å². The fourth-order valence-electron chi connectivity index (χ4n) is 7.71. The second-order valence-corrected chi connectivity index (χ2v) is 18.7. The van der Waals surface area contributed by atoms with Gasteiger partial charge < -0.3 is 97.2 Å². The SMILES string of the molecule is CC[C@H](C)[C@H](NC(=O)[C@@H](N)[C@@H](C)O)C(=O)N[C@@H](CO)C(=O)N[C@@H](CCCCN)C(=O)N[C@@H](C)C(=O)N[C@@H](CCCCN)C(=O)NCC(=O)N[C@@H](CCC(N)=O)C(=O)N1CCC[C@H]1C(=O)N[C@@H](CCCN=C(N)N)C(=O)O. The van der Waals surface area contributed by atoms with Crippen LogP contribution in [0.5, 0.6) is 0 Å². The van der Waals surface area contributed by atoms with Crippen molar-refractivity contribution in [1.29, 1.82) is 0 Å². The largest absolute Gasteiger partial charge is 0.480 e. The molecule has 30 heteroatoms. The number of carbonyl (C=O) groups is 11. The Hall–Kier alpha value is -6.76. The van der Waals surface area contributed by atoms with E-state index in [4.69, 9.17) is 34.4 Å². The fraction of sp³-hybridized carbons (Fsp3) is 0.739. The van der Waals surface area contributed by atoms with E-state index in [0.29, 0.717) is 38.5 Å². The number of aliphatic hydroxyl groups is 2. The molecule has 1 heterocycles. The summed E-state index contributed by atoms with van der Waals surface area (Å²) in [7, 11) is 0. The average molecular weight is 1090 g/mol. The minimum atomic E-state index is -1.61. The molecule has 1 rings (SSSR count). The highest BCUT2D eigenvalue weighted by Gasteiger charge is 2.39. The van der Waals surface area contributed by atoms with Crippen LogP contribution in [0.1, 0.15) is 111 Å². The standard InChI is InChI=1S/C46H84N16O14/c1-5-24(2)36(61-42(72)35(50)26(4)64)43(73)60-31(23-63)40(70)58-28(13-7-9-19-48)39(69)55-25(3)37(67)57-27(12-6-8-18-47)38(68)54-22-34(66)56-29(16-17-33(49)65)44(74)62-21-11-15-32(62)41(71)59-30(45(75)76)14-10-20-53-46(51)52/h24-32,35-36,63-64H,5-23,47-48,50H2,1-4H3,(H2,49,65)(H,54,68)(H,55,69)(H,56,66)(H,57,67)(H,58,70)(H,59,71)(H,60,73)(H,61,72)(H,75,76)(H4,51,52,53)/t24-,25-,26+,27-,28-,29-,30-,31-,32-,35-,36-/m0/s1. The quantitative estimate of drug-likeness (QED) is 0.0156. The van der Waals surface area contributed by atoms with E-state index < -0.39 is 145 Å². The number of nitrogens with zero attached hydrogens (tertiary/aromatic N) is 2. The summed E-state index contributed by atoms with van der Waals surface area (Å²) >= 11 is 0. The molecule has 0 aliphatic carbocycles. The van der Waals surface area contributed by atoms with Crippen LogP contribution in [-0.2, 0) is 52.7 Å². The van der Waals surface area contributed by atoms with Gasteiger partial charge in [0.05, 0.1) is 19.3 Å². The van der Waals surface area contributed by atoms with E-state index >= 15 is 0 Å². The van der Waals surface area contributed by atoms with Gasteiger partial charge in [-0.05, 0) is 103 Å². The molecule has 11 atom stereocenters. The lowest BCUT2D eigenvalue weighted by molar-refractivity contribution is -0.145. The zero-order valence-electron chi connectivity index (χ0n) is 44.0. The molecule has 1 saturated heterocycles. The van der Waals surface area contributed by atoms with Crippen LogP contribution in [0.3, 0.4) is 0 Å². The lowest BCUT2D eigenvalue weighted by atomic mass is 9.97. The zero-order chi connectivity index (χ0) is 57.7. The summed E-state index contributed by atoms with van der Waals surface area (Å²) in [5.41, 5.74) is 33.0. The number of primary amides is 1. The van der Waals surface area contributed by atoms with Crippen molar-refractivity contribution in [2.75, 3.05) is 39.3 Å². The third-order valence-electron chi connectivity index (χ3n) is 12.5. The van der Waals surface area contributed by atoms with Crippen molar-refractivity contribution in [2.24, 2.45) is 45.3 Å². The number of aliphatic imine (C=N–C) groups is 1. The van der Waals surface area contributed by atoms with Gasteiger partial charge >= 0.3 is 5.97 Å². The van der Waals surface area contributed by atoms with E-state index in [1.54, 1.807) is 13.8 Å². The number of carboxylic acids is 1. The molecule has 30 nitrogen and oxygen atoms in total. The number of aliphatic hydroxyl groups excluding tert-OH is 2. The second-order valence-electron chi connectivity index (χ2n) is 18.7. The molecule has 0 unspecified atom stereocenters. The maximum Gasteiger partial charge on any atom is 0.326 e. The van der Waals surface area contributed by atoms with Gasteiger partial charge in [0.15, 0.2) is 5.96 Å². The smallest absolute Gasteiger partial charge is 0.326 e. The number of likely N-dealkylation sites (tertiary alicyclic amines) is 1. The number of amides is 10. The van der Waals surface area contributed by atoms with Crippen molar-refractivity contribution in [3.05, 3.63) is 0 Å². The summed E-state index contributed by atoms with van der Waals surface area (Å²) in [6, 6.07) is -12.0. The van der Waals surface area contributed by atoms with Gasteiger partial charge in [-0.3, -0.25) is 52.9 Å². The van der Waals surface area contributed by atoms with Gasteiger partial charge in [-0.2, -0.15) is 0 Å². The van der Waals surface area contributed by atoms with E-state index in [1.165, 1.54) is 13.8 Å². The van der Waals surface area contributed by atoms with E-state index in [9.17, 15) is 68.1 Å². The summed E-state index contributed by atoms with van der Waals surface area (Å²) in [5, 5.41) is 49.3. The first-order chi connectivity index (χ1) is 35.8. The number of nitrogens with one attached hydrogen (secondary N) is 8. The lowest BCUT2D eigenvalue weighted by Gasteiger charge is -2.29. The van der Waals surface area contributed by atoms with Crippen molar-refractivity contribution in [3.8, 4) is 0 Å². The highest BCUT2D eigenvalue weighted by atomic mass is 16.4. The van der Waals surface area contributed by atoms with Crippen molar-refractivity contribution < 1.29 is 68.1 Å². The third kappa shape index (κ3) is 24.3. The van der Waals surface area contributed by atoms with Crippen LogP contribution in [0.15, 0.2) is 4.99 Å². The third-order valence-corrected chi connectivity index (χ3v) is 12.5. The molecule has 0 aromatic heterocycles. The molecule has 23 N–H and O–H groups in total. The molecule has 0 saturated carbocycles. The molecule has 1 aliphatic rings. The van der Waals surface area contributed by atoms with E-state index in [2.05, 4.69) is 47.5 Å². The topological polar surface area (TPSA) is 516 Å². The summed E-state index contributed by atoms with van der Waals surface area (Å²) < 4.78 is 0. The highest BCUT2D eigenvalue weighted by molar-refractivity contribution is 5.98. The molecule has 0 spiro atoms. The van der Waals surface area contributed by atoms with Crippen LogP contribution in [-0.4, -0.2) is 191 Å². The number of hydrogen-bond donors (Lipinski definition) is 17. The first-order valence-corrected chi connectivity index (χ1v) is 25.5. The Balaban J connectivity index is 3.15. The lowest BCUT2D eigenvalue weighted by Crippen LogP contribution is -2.61. The first-order valence-electron chi connectivity index (χ1n) is 25.5. The molecule has 432 valence electrons. The van der Waals surface area contributed by atoms with Crippen LogP contribution >= 0.6 is 0 Å². The number of unbranched alkanes of at least 4 members (excludes halogenated alkanes) is 2. The van der Waals surface area contributed by atoms with Crippen LogP contribution in [0.2, 0.25) is 0 Å². The van der Waals surface area contributed by atoms with Crippen LogP contribution in [0, 0.1) is 5.92 Å². The number of nitrogens with two attached hydrogens (primary N) is 6. The maximum absolute atomic E-state index is 13.9. The van der Waals surface area contributed by atoms with Gasteiger partial charge in [-0.1, -0.05) is 20.3 Å². The number of carbonyl (C=O) groups excluding carboxylic acids is 10. The normalized spacial score (nSPS) is 17.0. The Bertz CT molecular complexity index is 1990. The summed E-state index contributed by atoms with van der Waals surface area (Å²) in [6.45, 7) is 4.98. The predicted octanol–water partition coefficient (Wildman–Crippen LogP) is -7.08. The van der Waals surface area contributed by atoms with Gasteiger partial charge in [-0.25, -0.2) is 4.79 Å². The van der Waals surface area contributed by atoms with Crippen molar-refractivity contribution in [1.82, 2.24) is 47.4 Å². The van der Waals surface area contributed by atoms with Gasteiger partial charge in [0.2, 0.25) is 59.1 Å². The van der Waals surface area contributed by atoms with Crippen LogP contribution < -0.4 is 76.9 Å². The number of rotatable bonds is 37. The van der Waals surface area contributed by atoms with E-state index in [1.807, 2.05) is 0 Å². The summed E-state index contributed by atoms with van der Waals surface area (Å²) in [6.07, 6.45) is 0.757. The molecule has 1 aliphatic heterocycles. The number of hydrogen-bond acceptors (Lipinski definition) is 17. The second kappa shape index (κ2) is 35.5. The Labute approximate surface area is 441 Å². The molecule has 1 fully saturated rings. The fourth-order valence-corrected chi connectivity index (χ4v) is 7.71. The van der Waals surface area contributed by atoms with Gasteiger partial charge in [0.1, 0.15) is 54.4 Å². The minimum absolute atomic E-state index is 0.00394. The predicted molar refractivity (Wildman–Crippen MR) is 275 cm³/mol. The molecule has 0 aromatic carbocycles. The monoisotopic (exact) mass is 1080 g/mol. The van der Waals surface area contributed by atoms with Crippen molar-refractivity contribution in [2.45, 2.75) is 172 Å². The molecule has 76 heavy (non-hydrogen) atoms. The zero-order valence-corrected chi connectivity index (χ0v) is 44.0. The van der Waals surface area contributed by atoms with Crippen molar-refractivity contribution in [3.63, 3.8) is 0 Å². The molecule has 0 bridgehead atoms. The molecule has 0 radical (unpaired) electrons. The molecular weight excluding hydrogens is 1000 g/mol. The average Bonchev–Trinajstić information content (AvgIpc) is 3.87. The Morgan fingerprint density at radius 3 is 1.76 bits per heavy atom. The number of carboxylic acid groups (broad SMARTS) is 1. The highest BCUT2D eigenvalue weighted by Crippen LogP contribution is 2.20. The Morgan fingerprint density at radius 2 is 1.22 bits per heavy atom. The maximum atomic E-state index is 13.9. The summed E-state index contributed by atoms with van der Waals surface area (Å²) in [4.78, 5) is 150. The van der Waals surface area contributed by atoms with Gasteiger partial charge in [-0.15, -0.1) is 0 Å². The molecule has 0 aromatic rings. The van der Waals surface area contributed by atoms with E-state index in [-0.39, 0.29) is 77.1 Å².